The molecule has 1 saturated heterocycles. The highest BCUT2D eigenvalue weighted by molar-refractivity contribution is 6.07. The van der Waals surface area contributed by atoms with Crippen LogP contribution in [0, 0.1) is 6.92 Å². The Labute approximate surface area is 220 Å². The highest BCUT2D eigenvalue weighted by Crippen LogP contribution is 2.43. The number of anilines is 1. The quantitative estimate of drug-likeness (QED) is 0.319. The van der Waals surface area contributed by atoms with Crippen molar-refractivity contribution in [2.75, 3.05) is 45.3 Å². The highest BCUT2D eigenvalue weighted by Gasteiger charge is 2.44. The summed E-state index contributed by atoms with van der Waals surface area (Å²) < 4.78 is 55.9. The lowest BCUT2D eigenvalue weighted by atomic mass is 9.92. The third-order valence-electron chi connectivity index (χ3n) is 7.03. The van der Waals surface area contributed by atoms with Crippen LogP contribution in [-0.4, -0.2) is 69.3 Å². The van der Waals surface area contributed by atoms with Crippen molar-refractivity contribution < 1.29 is 41.8 Å². The van der Waals surface area contributed by atoms with E-state index in [1.807, 2.05) is 0 Å². The first-order valence-electron chi connectivity index (χ1n) is 12.7. The van der Waals surface area contributed by atoms with Gasteiger partial charge in [0.05, 0.1) is 18.4 Å². The van der Waals surface area contributed by atoms with Crippen molar-refractivity contribution in [2.45, 2.75) is 65.2 Å². The van der Waals surface area contributed by atoms with Gasteiger partial charge in [0.2, 0.25) is 0 Å². The van der Waals surface area contributed by atoms with E-state index in [0.717, 1.165) is 38.6 Å². The zero-order valence-corrected chi connectivity index (χ0v) is 22.3. The Morgan fingerprint density at radius 2 is 1.84 bits per heavy atom. The number of piperidine rings is 1. The van der Waals surface area contributed by atoms with Gasteiger partial charge >= 0.3 is 24.0 Å². The monoisotopic (exact) mass is 540 g/mol. The molecule has 3 rings (SSSR count). The van der Waals surface area contributed by atoms with E-state index in [1.165, 1.54) is 13.5 Å². The minimum absolute atomic E-state index is 0.0678. The molecule has 0 aromatic heterocycles. The molecule has 38 heavy (non-hydrogen) atoms. The lowest BCUT2D eigenvalue weighted by Gasteiger charge is -2.26. The molecule has 210 valence electrons. The van der Waals surface area contributed by atoms with Gasteiger partial charge in [-0.3, -0.25) is 14.5 Å². The Bertz CT molecular complexity index is 1090. The minimum atomic E-state index is -5.14. The lowest BCUT2D eigenvalue weighted by Crippen LogP contribution is -2.39. The number of nitrogens with zero attached hydrogens (tertiary/aromatic N) is 2. The van der Waals surface area contributed by atoms with Crippen molar-refractivity contribution in [3.8, 4) is 5.75 Å². The number of benzene rings is 1. The fraction of sp³-hybridized carbons (Fsp3) is 0.593. The average Bonchev–Trinajstić information content (AvgIpc) is 3.27. The molecule has 1 fully saturated rings. The van der Waals surface area contributed by atoms with Crippen molar-refractivity contribution in [1.82, 2.24) is 4.90 Å². The number of likely N-dealkylation sites (tertiary alicyclic amines) is 1. The minimum Gasteiger partial charge on any atom is -0.496 e. The maximum atomic E-state index is 13.3. The molecular formula is C27H35F3N2O6. The van der Waals surface area contributed by atoms with E-state index in [4.69, 9.17) is 14.2 Å². The second-order valence-electron chi connectivity index (χ2n) is 9.65. The van der Waals surface area contributed by atoms with E-state index in [-0.39, 0.29) is 48.0 Å². The molecule has 2 aliphatic heterocycles. The summed E-state index contributed by atoms with van der Waals surface area (Å²) in [7, 11) is 2.35. The van der Waals surface area contributed by atoms with Crippen LogP contribution < -0.4 is 9.64 Å². The second kappa shape index (κ2) is 12.6. The number of amides is 1. The number of carbonyl (C=O) groups is 3. The first kappa shape index (κ1) is 29.5. The van der Waals surface area contributed by atoms with Crippen LogP contribution in [0.5, 0.6) is 5.75 Å². The number of rotatable bonds is 10. The van der Waals surface area contributed by atoms with Crippen LogP contribution in [0.25, 0.3) is 0 Å². The first-order valence-corrected chi connectivity index (χ1v) is 12.7. The summed E-state index contributed by atoms with van der Waals surface area (Å²) in [6, 6.07) is 0. The van der Waals surface area contributed by atoms with E-state index in [0.29, 0.717) is 35.6 Å². The van der Waals surface area contributed by atoms with Gasteiger partial charge in [0.1, 0.15) is 19.0 Å². The number of carbonyl (C=O) groups excluding carboxylic acids is 3. The Morgan fingerprint density at radius 1 is 1.16 bits per heavy atom. The molecule has 1 aromatic rings. The number of alkyl halides is 3. The summed E-state index contributed by atoms with van der Waals surface area (Å²) >= 11 is 0. The van der Waals surface area contributed by atoms with E-state index in [9.17, 15) is 27.6 Å². The first-order chi connectivity index (χ1) is 18.0. The van der Waals surface area contributed by atoms with Gasteiger partial charge in [-0.1, -0.05) is 18.1 Å². The van der Waals surface area contributed by atoms with Crippen LogP contribution in [0.3, 0.4) is 0 Å². The lowest BCUT2D eigenvalue weighted by molar-refractivity contribution is -0.170. The second-order valence-corrected chi connectivity index (χ2v) is 9.65. The number of halogens is 3. The van der Waals surface area contributed by atoms with Gasteiger partial charge in [-0.25, -0.2) is 4.79 Å². The summed E-state index contributed by atoms with van der Waals surface area (Å²) in [6.45, 7) is 6.47. The Balaban J connectivity index is 1.76. The number of cyclic esters (lactones) is 1. The highest BCUT2D eigenvalue weighted by atomic mass is 19.4. The van der Waals surface area contributed by atoms with Crippen LogP contribution in [0.1, 0.15) is 66.1 Å². The summed E-state index contributed by atoms with van der Waals surface area (Å²) in [5, 5.41) is 0. The summed E-state index contributed by atoms with van der Waals surface area (Å²) in [6.07, 6.45) is 0.799. The largest absolute Gasteiger partial charge is 0.496 e. The number of hydrogen-bond acceptors (Lipinski definition) is 7. The molecule has 0 N–H and O–H groups in total. The van der Waals surface area contributed by atoms with Crippen molar-refractivity contribution in [1.29, 1.82) is 0 Å². The number of methoxy groups -OCH3 is 1. The van der Waals surface area contributed by atoms with Crippen LogP contribution in [0.15, 0.2) is 11.6 Å². The topological polar surface area (TPSA) is 85.4 Å². The van der Waals surface area contributed by atoms with Crippen LogP contribution in [0.2, 0.25) is 0 Å². The van der Waals surface area contributed by atoms with Crippen molar-refractivity contribution in [3.63, 3.8) is 0 Å². The van der Waals surface area contributed by atoms with Crippen molar-refractivity contribution in [2.24, 2.45) is 0 Å². The van der Waals surface area contributed by atoms with Crippen LogP contribution in [-0.2, 0) is 32.1 Å². The molecule has 0 atom stereocenters. The average molecular weight is 541 g/mol. The van der Waals surface area contributed by atoms with Gasteiger partial charge in [0.25, 0.3) is 0 Å². The molecular weight excluding hydrogens is 505 g/mol. The molecule has 8 nitrogen and oxygen atoms in total. The summed E-state index contributed by atoms with van der Waals surface area (Å²) in [5.74, 6) is -2.95. The molecule has 0 aliphatic carbocycles. The van der Waals surface area contributed by atoms with E-state index in [1.54, 1.807) is 19.9 Å². The maximum Gasteiger partial charge on any atom is 0.471 e. The van der Waals surface area contributed by atoms with Crippen molar-refractivity contribution in [3.05, 3.63) is 33.9 Å². The molecule has 2 aliphatic rings. The third-order valence-corrected chi connectivity index (χ3v) is 7.03. The fourth-order valence-electron chi connectivity index (χ4n) is 4.91. The van der Waals surface area contributed by atoms with Gasteiger partial charge in [-0.15, -0.1) is 0 Å². The molecule has 11 heteroatoms. The smallest absolute Gasteiger partial charge is 0.471 e. The Morgan fingerprint density at radius 3 is 2.47 bits per heavy atom. The normalized spacial score (nSPS) is 16.2. The van der Waals surface area contributed by atoms with Crippen LogP contribution >= 0.6 is 0 Å². The van der Waals surface area contributed by atoms with Gasteiger partial charge < -0.3 is 19.1 Å². The Kier molecular flexibility index (Phi) is 9.81. The molecule has 0 radical (unpaired) electrons. The zero-order valence-electron chi connectivity index (χ0n) is 22.3. The van der Waals surface area contributed by atoms with E-state index >= 15 is 0 Å². The maximum absolute atomic E-state index is 13.3. The molecule has 0 spiro atoms. The van der Waals surface area contributed by atoms with E-state index in [2.05, 4.69) is 4.90 Å². The summed E-state index contributed by atoms with van der Waals surface area (Å²) in [4.78, 5) is 39.6. The van der Waals surface area contributed by atoms with Gasteiger partial charge in [0.15, 0.2) is 0 Å². The molecule has 0 bridgehead atoms. The van der Waals surface area contributed by atoms with E-state index < -0.39 is 18.1 Å². The molecule has 1 aromatic carbocycles. The molecule has 2 heterocycles. The zero-order chi connectivity index (χ0) is 28.0. The SMILES string of the molecule is COc1c(C)c2c(c(N(C)C(=O)C(F)(F)F)c1CC=C(C)CCC(=O)OCCN1CCCCC1)C(=O)OC2. The molecule has 1 amide bonds. The summed E-state index contributed by atoms with van der Waals surface area (Å²) in [5.41, 5.74) is 1.75. The number of hydrogen-bond donors (Lipinski definition) is 0. The number of fused-ring (bicyclic) bond motifs is 1. The van der Waals surface area contributed by atoms with Crippen LogP contribution in [0.4, 0.5) is 18.9 Å². The third kappa shape index (κ3) is 6.86. The predicted octanol–water partition coefficient (Wildman–Crippen LogP) is 4.50. The van der Waals surface area contributed by atoms with Gasteiger partial charge in [-0.2, -0.15) is 13.2 Å². The number of ether oxygens (including phenoxy) is 3. The van der Waals surface area contributed by atoms with Crippen molar-refractivity contribution >= 4 is 23.5 Å². The fourth-order valence-corrected chi connectivity index (χ4v) is 4.91. The van der Waals surface area contributed by atoms with Gasteiger partial charge in [0, 0.05) is 31.1 Å². The van der Waals surface area contributed by atoms with Gasteiger partial charge in [-0.05, 0) is 58.2 Å². The standard InChI is InChI=1S/C27H35F3N2O6/c1-17(9-11-21(33)37-15-14-32-12-6-5-7-13-32)8-10-19-23(31(3)26(35)27(28,29)30)22-20(16-38-25(22)34)18(2)24(19)36-4/h8H,5-7,9-16H2,1-4H3. The Hall–Kier alpha value is -3.08. The number of allylic oxidation sites excluding steroid dienone is 2. The molecule has 0 unspecified atom stereocenters. The number of esters is 2. The predicted molar refractivity (Wildman–Crippen MR) is 134 cm³/mol. The molecule has 0 saturated carbocycles.